The molecule has 1 rings (SSSR count). The van der Waals surface area contributed by atoms with Crippen molar-refractivity contribution in [2.75, 3.05) is 7.11 Å². The fourth-order valence-corrected chi connectivity index (χ4v) is 1.20. The fourth-order valence-electron chi connectivity index (χ4n) is 1.20. The van der Waals surface area contributed by atoms with Gasteiger partial charge in [-0.05, 0) is 5.56 Å². The van der Waals surface area contributed by atoms with Crippen LogP contribution >= 0.6 is 0 Å². The predicted molar refractivity (Wildman–Crippen MR) is 51.4 cm³/mol. The molecular weight excluding hydrogens is 192 g/mol. The summed E-state index contributed by atoms with van der Waals surface area (Å²) in [5, 5.41) is 17.9. The number of esters is 1. The van der Waals surface area contributed by atoms with Crippen LogP contribution in [0.2, 0.25) is 0 Å². The molecule has 0 amide bonds. The maximum Gasteiger partial charge on any atom is 0.345 e. The summed E-state index contributed by atoms with van der Waals surface area (Å²) in [6, 6.07) is 11.5. The third-order valence-electron chi connectivity index (χ3n) is 2.03. The lowest BCUT2D eigenvalue weighted by Crippen LogP contribution is -2.33. The van der Waals surface area contributed by atoms with Crippen LogP contribution in [0.3, 0.4) is 0 Å². The quantitative estimate of drug-likeness (QED) is 0.671. The Bertz CT molecular complexity index is 426. The van der Waals surface area contributed by atoms with Gasteiger partial charge in [0.05, 0.1) is 7.11 Å². The van der Waals surface area contributed by atoms with Crippen LogP contribution in [0.1, 0.15) is 5.56 Å². The number of nitrogens with zero attached hydrogens (tertiary/aromatic N) is 2. The fraction of sp³-hybridized carbons (Fsp3) is 0.182. The van der Waals surface area contributed by atoms with Gasteiger partial charge < -0.3 is 4.74 Å². The molecule has 1 aromatic carbocycles. The van der Waals surface area contributed by atoms with Crippen molar-refractivity contribution >= 4 is 5.97 Å². The molecule has 0 saturated carbocycles. The zero-order valence-electron chi connectivity index (χ0n) is 8.10. The van der Waals surface area contributed by atoms with Crippen LogP contribution in [0, 0.1) is 22.7 Å². The normalized spacial score (nSPS) is 9.80. The highest BCUT2D eigenvalue weighted by Gasteiger charge is 2.42. The van der Waals surface area contributed by atoms with Gasteiger partial charge in [0.1, 0.15) is 12.1 Å². The van der Waals surface area contributed by atoms with Crippen LogP contribution in [0.4, 0.5) is 0 Å². The summed E-state index contributed by atoms with van der Waals surface area (Å²) in [6.07, 6.45) is 0. The molecule has 0 aliphatic carbocycles. The number of rotatable bonds is 2. The number of nitriles is 2. The molecule has 0 aromatic heterocycles. The van der Waals surface area contributed by atoms with Gasteiger partial charge in [0.25, 0.3) is 5.41 Å². The van der Waals surface area contributed by atoms with Crippen molar-refractivity contribution in [2.45, 2.75) is 5.41 Å². The Kier molecular flexibility index (Phi) is 3.05. The zero-order valence-corrected chi connectivity index (χ0v) is 8.10. The van der Waals surface area contributed by atoms with Gasteiger partial charge in [-0.2, -0.15) is 10.5 Å². The van der Waals surface area contributed by atoms with E-state index in [9.17, 15) is 4.79 Å². The van der Waals surface area contributed by atoms with E-state index in [1.165, 1.54) is 0 Å². The van der Waals surface area contributed by atoms with E-state index in [1.807, 2.05) is 0 Å². The number of carbonyl (C=O) groups excluding carboxylic acids is 1. The van der Waals surface area contributed by atoms with Gasteiger partial charge in [-0.1, -0.05) is 30.3 Å². The average Bonchev–Trinajstić information content (AvgIpc) is 2.32. The molecule has 0 atom stereocenters. The molecule has 0 aliphatic rings. The molecule has 0 unspecified atom stereocenters. The summed E-state index contributed by atoms with van der Waals surface area (Å²) in [7, 11) is 1.15. The second kappa shape index (κ2) is 4.26. The summed E-state index contributed by atoms with van der Waals surface area (Å²) in [6.45, 7) is 0. The molecule has 0 N–H and O–H groups in total. The monoisotopic (exact) mass is 200 g/mol. The number of carbonyl (C=O) groups is 1. The number of methoxy groups -OCH3 is 1. The van der Waals surface area contributed by atoms with Crippen LogP contribution in [-0.4, -0.2) is 13.1 Å². The molecule has 4 nitrogen and oxygen atoms in total. The molecule has 0 heterocycles. The van der Waals surface area contributed by atoms with Gasteiger partial charge in [-0.3, -0.25) is 0 Å². The number of ether oxygens (including phenoxy) is 1. The van der Waals surface area contributed by atoms with Gasteiger partial charge >= 0.3 is 5.97 Å². The Hall–Kier alpha value is -2.33. The first-order chi connectivity index (χ1) is 7.21. The third kappa shape index (κ3) is 1.66. The minimum absolute atomic E-state index is 0.321. The van der Waals surface area contributed by atoms with Gasteiger partial charge in [0, 0.05) is 0 Å². The topological polar surface area (TPSA) is 73.9 Å². The number of hydrogen-bond donors (Lipinski definition) is 0. The first-order valence-electron chi connectivity index (χ1n) is 4.17. The summed E-state index contributed by atoms with van der Waals surface area (Å²) in [5.74, 6) is -0.862. The van der Waals surface area contributed by atoms with Gasteiger partial charge in [-0.15, -0.1) is 0 Å². The van der Waals surface area contributed by atoms with Gasteiger partial charge in [0.2, 0.25) is 0 Å². The second-order valence-electron chi connectivity index (χ2n) is 2.83. The van der Waals surface area contributed by atoms with E-state index in [0.29, 0.717) is 5.56 Å². The van der Waals surface area contributed by atoms with Crippen LogP contribution in [0.25, 0.3) is 0 Å². The van der Waals surface area contributed by atoms with E-state index in [2.05, 4.69) is 4.74 Å². The lowest BCUT2D eigenvalue weighted by atomic mass is 9.83. The van der Waals surface area contributed by atoms with E-state index in [1.54, 1.807) is 42.5 Å². The second-order valence-corrected chi connectivity index (χ2v) is 2.83. The maximum absolute atomic E-state index is 11.4. The van der Waals surface area contributed by atoms with Crippen molar-refractivity contribution in [1.82, 2.24) is 0 Å². The lowest BCUT2D eigenvalue weighted by Gasteiger charge is -2.15. The highest BCUT2D eigenvalue weighted by molar-refractivity contribution is 5.90. The molecule has 0 aliphatic heterocycles. The van der Waals surface area contributed by atoms with Crippen molar-refractivity contribution in [3.8, 4) is 12.1 Å². The van der Waals surface area contributed by atoms with Crippen LogP contribution in [-0.2, 0) is 14.9 Å². The Morgan fingerprint density at radius 3 is 2.20 bits per heavy atom. The standard InChI is InChI=1S/C11H8N2O2/c1-15-10(14)11(7-12,8-13)9-5-3-2-4-6-9/h2-6H,1H3. The molecule has 1 aromatic rings. The van der Waals surface area contributed by atoms with Crippen molar-refractivity contribution < 1.29 is 9.53 Å². The Morgan fingerprint density at radius 2 is 1.80 bits per heavy atom. The van der Waals surface area contributed by atoms with Crippen LogP contribution < -0.4 is 0 Å². The van der Waals surface area contributed by atoms with E-state index < -0.39 is 11.4 Å². The highest BCUT2D eigenvalue weighted by Crippen LogP contribution is 2.23. The molecule has 0 saturated heterocycles. The Balaban J connectivity index is 3.34. The summed E-state index contributed by atoms with van der Waals surface area (Å²) in [5.41, 5.74) is -1.54. The molecule has 74 valence electrons. The number of benzene rings is 1. The van der Waals surface area contributed by atoms with Gasteiger partial charge in [-0.25, -0.2) is 4.79 Å². The zero-order chi connectivity index (χ0) is 11.3. The molecule has 0 radical (unpaired) electrons. The lowest BCUT2D eigenvalue weighted by molar-refractivity contribution is -0.143. The summed E-state index contributed by atoms with van der Waals surface area (Å²) < 4.78 is 4.47. The van der Waals surface area contributed by atoms with Crippen molar-refractivity contribution in [1.29, 1.82) is 10.5 Å². The SMILES string of the molecule is COC(=O)C(C#N)(C#N)c1ccccc1. The molecule has 15 heavy (non-hydrogen) atoms. The molecular formula is C11H8N2O2. The summed E-state index contributed by atoms with van der Waals surface area (Å²) >= 11 is 0. The molecule has 0 bridgehead atoms. The van der Waals surface area contributed by atoms with Crippen molar-refractivity contribution in [3.63, 3.8) is 0 Å². The van der Waals surface area contributed by atoms with Gasteiger partial charge in [0.15, 0.2) is 0 Å². The highest BCUT2D eigenvalue weighted by atomic mass is 16.5. The number of hydrogen-bond acceptors (Lipinski definition) is 4. The Morgan fingerprint density at radius 1 is 1.27 bits per heavy atom. The molecule has 4 heteroatoms. The van der Waals surface area contributed by atoms with Crippen LogP contribution in [0.15, 0.2) is 30.3 Å². The van der Waals surface area contributed by atoms with Crippen molar-refractivity contribution in [2.24, 2.45) is 0 Å². The van der Waals surface area contributed by atoms with E-state index in [0.717, 1.165) is 7.11 Å². The predicted octanol–water partition coefficient (Wildman–Crippen LogP) is 1.14. The van der Waals surface area contributed by atoms with E-state index in [4.69, 9.17) is 10.5 Å². The largest absolute Gasteiger partial charge is 0.467 e. The first kappa shape index (κ1) is 10.7. The molecule has 0 spiro atoms. The minimum atomic E-state index is -1.87. The Labute approximate surface area is 87.3 Å². The van der Waals surface area contributed by atoms with Crippen LogP contribution in [0.5, 0.6) is 0 Å². The third-order valence-corrected chi connectivity index (χ3v) is 2.03. The minimum Gasteiger partial charge on any atom is -0.467 e. The van der Waals surface area contributed by atoms with Crippen molar-refractivity contribution in [3.05, 3.63) is 35.9 Å². The van der Waals surface area contributed by atoms with E-state index >= 15 is 0 Å². The summed E-state index contributed by atoms with van der Waals surface area (Å²) in [4.78, 5) is 11.4. The molecule has 0 fully saturated rings. The smallest absolute Gasteiger partial charge is 0.345 e. The van der Waals surface area contributed by atoms with E-state index in [-0.39, 0.29) is 0 Å². The maximum atomic E-state index is 11.4. The average molecular weight is 200 g/mol. The first-order valence-corrected chi connectivity index (χ1v) is 4.17.